The second-order valence-electron chi connectivity index (χ2n) is 4.72. The van der Waals surface area contributed by atoms with Gasteiger partial charge in [-0.1, -0.05) is 37.3 Å². The lowest BCUT2D eigenvalue weighted by molar-refractivity contribution is -0.124. The Morgan fingerprint density at radius 1 is 1.21 bits per heavy atom. The molecular weight excluding hydrogens is 238 g/mol. The van der Waals surface area contributed by atoms with Crippen molar-refractivity contribution in [3.8, 4) is 0 Å². The van der Waals surface area contributed by atoms with Crippen molar-refractivity contribution in [2.45, 2.75) is 26.3 Å². The van der Waals surface area contributed by atoms with Crippen LogP contribution in [0.3, 0.4) is 0 Å². The van der Waals surface area contributed by atoms with Crippen molar-refractivity contribution in [1.82, 2.24) is 5.32 Å². The quantitative estimate of drug-likeness (QED) is 0.863. The predicted molar refractivity (Wildman–Crippen MR) is 74.5 cm³/mol. The number of furan rings is 1. The van der Waals surface area contributed by atoms with Gasteiger partial charge >= 0.3 is 0 Å². The van der Waals surface area contributed by atoms with Crippen LogP contribution in [0.15, 0.2) is 53.1 Å². The molecule has 0 saturated carbocycles. The van der Waals surface area contributed by atoms with Gasteiger partial charge in [0.25, 0.3) is 0 Å². The topological polar surface area (TPSA) is 42.2 Å². The molecule has 0 aliphatic heterocycles. The van der Waals surface area contributed by atoms with Gasteiger partial charge in [0.1, 0.15) is 5.76 Å². The summed E-state index contributed by atoms with van der Waals surface area (Å²) in [5.41, 5.74) is 1.27. The van der Waals surface area contributed by atoms with Crippen LogP contribution in [0.1, 0.15) is 24.7 Å². The van der Waals surface area contributed by atoms with Crippen LogP contribution >= 0.6 is 0 Å². The summed E-state index contributed by atoms with van der Waals surface area (Å²) in [4.78, 5) is 11.9. The van der Waals surface area contributed by atoms with Gasteiger partial charge in [-0.05, 0) is 30.5 Å². The van der Waals surface area contributed by atoms with Gasteiger partial charge in [0.2, 0.25) is 5.91 Å². The molecule has 0 unspecified atom stereocenters. The molecule has 100 valence electrons. The largest absolute Gasteiger partial charge is 0.467 e. The molecule has 0 aliphatic rings. The number of aryl methyl sites for hydroxylation is 1. The molecule has 0 spiro atoms. The van der Waals surface area contributed by atoms with Crippen LogP contribution in [0.5, 0.6) is 0 Å². The SMILES string of the molecule is C[C@H](CCc1ccccc1)C(=O)NCc1ccco1. The molecule has 0 aliphatic carbocycles. The Morgan fingerprint density at radius 3 is 2.68 bits per heavy atom. The third-order valence-electron chi connectivity index (χ3n) is 3.17. The van der Waals surface area contributed by atoms with Crippen molar-refractivity contribution in [3.05, 3.63) is 60.1 Å². The van der Waals surface area contributed by atoms with Crippen molar-refractivity contribution in [3.63, 3.8) is 0 Å². The average Bonchev–Trinajstić information content (AvgIpc) is 2.96. The molecule has 1 aromatic heterocycles. The van der Waals surface area contributed by atoms with Crippen molar-refractivity contribution in [2.24, 2.45) is 5.92 Å². The molecule has 2 aromatic rings. The fraction of sp³-hybridized carbons (Fsp3) is 0.312. The average molecular weight is 257 g/mol. The molecule has 0 bridgehead atoms. The Hall–Kier alpha value is -2.03. The first kappa shape index (κ1) is 13.4. The van der Waals surface area contributed by atoms with E-state index in [0.29, 0.717) is 6.54 Å². The minimum absolute atomic E-state index is 0.00942. The van der Waals surface area contributed by atoms with E-state index in [1.807, 2.05) is 37.3 Å². The molecule has 0 radical (unpaired) electrons. The molecule has 1 amide bonds. The molecule has 1 heterocycles. The monoisotopic (exact) mass is 257 g/mol. The Kier molecular flexibility index (Phi) is 4.78. The smallest absolute Gasteiger partial charge is 0.223 e. The van der Waals surface area contributed by atoms with E-state index in [-0.39, 0.29) is 11.8 Å². The Bertz CT molecular complexity index is 491. The number of benzene rings is 1. The normalized spacial score (nSPS) is 12.1. The first-order valence-electron chi connectivity index (χ1n) is 6.59. The third kappa shape index (κ3) is 4.28. The van der Waals surface area contributed by atoms with E-state index in [1.54, 1.807) is 6.26 Å². The molecule has 0 fully saturated rings. The Balaban J connectivity index is 1.73. The van der Waals surface area contributed by atoms with Gasteiger partial charge in [-0.3, -0.25) is 4.79 Å². The fourth-order valence-corrected chi connectivity index (χ4v) is 1.92. The van der Waals surface area contributed by atoms with Crippen LogP contribution in [-0.4, -0.2) is 5.91 Å². The zero-order chi connectivity index (χ0) is 13.5. The molecule has 1 atom stereocenters. The van der Waals surface area contributed by atoms with Crippen molar-refractivity contribution < 1.29 is 9.21 Å². The lowest BCUT2D eigenvalue weighted by Gasteiger charge is -2.11. The van der Waals surface area contributed by atoms with Gasteiger partial charge in [-0.25, -0.2) is 0 Å². The first-order valence-corrected chi connectivity index (χ1v) is 6.59. The van der Waals surface area contributed by atoms with Crippen LogP contribution < -0.4 is 5.32 Å². The highest BCUT2D eigenvalue weighted by molar-refractivity contribution is 5.78. The second kappa shape index (κ2) is 6.78. The third-order valence-corrected chi connectivity index (χ3v) is 3.17. The van der Waals surface area contributed by atoms with Gasteiger partial charge in [-0.15, -0.1) is 0 Å². The summed E-state index contributed by atoms with van der Waals surface area (Å²) in [6.45, 7) is 2.42. The van der Waals surface area contributed by atoms with E-state index in [2.05, 4.69) is 17.4 Å². The Morgan fingerprint density at radius 2 is 2.00 bits per heavy atom. The van der Waals surface area contributed by atoms with E-state index in [9.17, 15) is 4.79 Å². The summed E-state index contributed by atoms with van der Waals surface area (Å²) in [6.07, 6.45) is 3.39. The molecule has 1 N–H and O–H groups in total. The number of hydrogen-bond donors (Lipinski definition) is 1. The van der Waals surface area contributed by atoms with Gasteiger partial charge in [0.05, 0.1) is 12.8 Å². The van der Waals surface area contributed by atoms with E-state index in [4.69, 9.17) is 4.42 Å². The minimum Gasteiger partial charge on any atom is -0.467 e. The van der Waals surface area contributed by atoms with E-state index >= 15 is 0 Å². The van der Waals surface area contributed by atoms with Gasteiger partial charge in [0.15, 0.2) is 0 Å². The van der Waals surface area contributed by atoms with Crippen LogP contribution in [0, 0.1) is 5.92 Å². The van der Waals surface area contributed by atoms with Gasteiger partial charge < -0.3 is 9.73 Å². The highest BCUT2D eigenvalue weighted by Crippen LogP contribution is 2.10. The highest BCUT2D eigenvalue weighted by Gasteiger charge is 2.12. The summed E-state index contributed by atoms with van der Waals surface area (Å²) in [5, 5.41) is 2.89. The number of hydrogen-bond acceptors (Lipinski definition) is 2. The number of rotatable bonds is 6. The summed E-state index contributed by atoms with van der Waals surface area (Å²) in [6, 6.07) is 13.9. The maximum atomic E-state index is 11.9. The van der Waals surface area contributed by atoms with E-state index in [1.165, 1.54) is 5.56 Å². The number of carbonyl (C=O) groups excluding carboxylic acids is 1. The van der Waals surface area contributed by atoms with Crippen LogP contribution in [0.25, 0.3) is 0 Å². The summed E-state index contributed by atoms with van der Waals surface area (Å²) >= 11 is 0. The number of amides is 1. The lowest BCUT2D eigenvalue weighted by Crippen LogP contribution is -2.28. The fourth-order valence-electron chi connectivity index (χ4n) is 1.92. The van der Waals surface area contributed by atoms with Crippen molar-refractivity contribution in [1.29, 1.82) is 0 Å². The summed E-state index contributed by atoms with van der Waals surface area (Å²) in [5.74, 6) is 0.867. The van der Waals surface area contributed by atoms with Crippen molar-refractivity contribution >= 4 is 5.91 Å². The Labute approximate surface area is 113 Å². The highest BCUT2D eigenvalue weighted by atomic mass is 16.3. The summed E-state index contributed by atoms with van der Waals surface area (Å²) < 4.78 is 5.18. The van der Waals surface area contributed by atoms with Gasteiger partial charge in [-0.2, -0.15) is 0 Å². The van der Waals surface area contributed by atoms with Crippen molar-refractivity contribution in [2.75, 3.05) is 0 Å². The predicted octanol–water partition coefficient (Wildman–Crippen LogP) is 3.16. The molecule has 0 saturated heterocycles. The first-order chi connectivity index (χ1) is 9.25. The molecule has 2 rings (SSSR count). The lowest BCUT2D eigenvalue weighted by atomic mass is 10.0. The van der Waals surface area contributed by atoms with Crippen LogP contribution in [-0.2, 0) is 17.8 Å². The van der Waals surface area contributed by atoms with Gasteiger partial charge in [0, 0.05) is 5.92 Å². The molecule has 3 heteroatoms. The zero-order valence-corrected chi connectivity index (χ0v) is 11.1. The maximum absolute atomic E-state index is 11.9. The second-order valence-corrected chi connectivity index (χ2v) is 4.72. The minimum atomic E-state index is 0.00942. The molecule has 19 heavy (non-hydrogen) atoms. The number of carbonyl (C=O) groups is 1. The molecule has 3 nitrogen and oxygen atoms in total. The number of nitrogens with one attached hydrogen (secondary N) is 1. The summed E-state index contributed by atoms with van der Waals surface area (Å²) in [7, 11) is 0. The van der Waals surface area contributed by atoms with Crippen LogP contribution in [0.2, 0.25) is 0 Å². The molecule has 1 aromatic carbocycles. The molecular formula is C16H19NO2. The maximum Gasteiger partial charge on any atom is 0.223 e. The zero-order valence-electron chi connectivity index (χ0n) is 11.1. The van der Waals surface area contributed by atoms with E-state index in [0.717, 1.165) is 18.6 Å². The standard InChI is InChI=1S/C16H19NO2/c1-13(9-10-14-6-3-2-4-7-14)16(18)17-12-15-8-5-11-19-15/h2-8,11,13H,9-10,12H2,1H3,(H,17,18)/t13-/m1/s1. The van der Waals surface area contributed by atoms with Crippen LogP contribution in [0.4, 0.5) is 0 Å². The van der Waals surface area contributed by atoms with E-state index < -0.39 is 0 Å².